The summed E-state index contributed by atoms with van der Waals surface area (Å²) in [5, 5.41) is 18.7. The third kappa shape index (κ3) is 3.59. The maximum Gasteiger partial charge on any atom is 0.123 e. The van der Waals surface area contributed by atoms with Crippen molar-refractivity contribution < 1.29 is 9.50 Å². The van der Waals surface area contributed by atoms with Crippen molar-refractivity contribution in [3.63, 3.8) is 0 Å². The van der Waals surface area contributed by atoms with Crippen LogP contribution in [-0.4, -0.2) is 11.7 Å². The van der Waals surface area contributed by atoms with Crippen molar-refractivity contribution in [2.75, 3.05) is 11.4 Å². The molecule has 2 aromatic carbocycles. The predicted molar refractivity (Wildman–Crippen MR) is 80.7 cm³/mol. The van der Waals surface area contributed by atoms with Crippen LogP contribution in [0.15, 0.2) is 48.5 Å². The molecule has 4 heteroatoms. The van der Waals surface area contributed by atoms with Crippen molar-refractivity contribution in [3.8, 4) is 6.07 Å². The monoisotopic (exact) mass is 284 g/mol. The summed E-state index contributed by atoms with van der Waals surface area (Å²) < 4.78 is 13.4. The first kappa shape index (κ1) is 15.0. The van der Waals surface area contributed by atoms with E-state index in [9.17, 15) is 9.50 Å². The molecule has 0 saturated carbocycles. The molecule has 108 valence electrons. The fourth-order valence-corrected chi connectivity index (χ4v) is 2.26. The van der Waals surface area contributed by atoms with Crippen LogP contribution in [-0.2, 0) is 0 Å². The van der Waals surface area contributed by atoms with Gasteiger partial charge in [-0.1, -0.05) is 18.2 Å². The van der Waals surface area contributed by atoms with Crippen LogP contribution in [0.2, 0.25) is 0 Å². The Morgan fingerprint density at radius 1 is 1.24 bits per heavy atom. The Morgan fingerprint density at radius 3 is 2.57 bits per heavy atom. The number of hydrogen-bond donors (Lipinski definition) is 1. The molecule has 0 fully saturated rings. The van der Waals surface area contributed by atoms with Crippen LogP contribution in [0, 0.1) is 17.1 Å². The number of benzene rings is 2. The lowest BCUT2D eigenvalue weighted by atomic mass is 10.1. The smallest absolute Gasteiger partial charge is 0.123 e. The molecule has 1 atom stereocenters. The number of aliphatic hydroxyl groups excluding tert-OH is 1. The standard InChI is InChI=1S/C17H17FN2O/c1-13(21)16-12-14(18)8-9-17(16)20(11-5-10-19)15-6-3-2-4-7-15/h2-4,6-9,12-13,21H,5,11H2,1H3/t13-/m1/s1. The lowest BCUT2D eigenvalue weighted by molar-refractivity contribution is 0.199. The Bertz CT molecular complexity index is 635. The summed E-state index contributed by atoms with van der Waals surface area (Å²) in [4.78, 5) is 1.92. The van der Waals surface area contributed by atoms with Crippen LogP contribution in [0.3, 0.4) is 0 Å². The number of halogens is 1. The topological polar surface area (TPSA) is 47.3 Å². The molecule has 2 rings (SSSR count). The number of nitriles is 1. The Balaban J connectivity index is 2.49. The SMILES string of the molecule is C[C@@H](O)c1cc(F)ccc1N(CCC#N)c1ccccc1. The van der Waals surface area contributed by atoms with Gasteiger partial charge in [0.1, 0.15) is 5.82 Å². The van der Waals surface area contributed by atoms with E-state index in [0.29, 0.717) is 24.2 Å². The molecular formula is C17H17FN2O. The molecule has 0 aliphatic rings. The van der Waals surface area contributed by atoms with Crippen LogP contribution >= 0.6 is 0 Å². The van der Waals surface area contributed by atoms with E-state index in [0.717, 1.165) is 5.69 Å². The van der Waals surface area contributed by atoms with Crippen LogP contribution in [0.25, 0.3) is 0 Å². The summed E-state index contributed by atoms with van der Waals surface area (Å²) >= 11 is 0. The molecule has 0 saturated heterocycles. The average molecular weight is 284 g/mol. The van der Waals surface area contributed by atoms with Crippen molar-refractivity contribution in [2.45, 2.75) is 19.4 Å². The highest BCUT2D eigenvalue weighted by Gasteiger charge is 2.16. The van der Waals surface area contributed by atoms with Crippen molar-refractivity contribution in [2.24, 2.45) is 0 Å². The van der Waals surface area contributed by atoms with E-state index in [1.807, 2.05) is 35.2 Å². The number of para-hydroxylation sites is 1. The molecule has 0 bridgehead atoms. The van der Waals surface area contributed by atoms with Gasteiger partial charge in [-0.25, -0.2) is 4.39 Å². The second-order valence-electron chi connectivity index (χ2n) is 4.77. The summed E-state index contributed by atoms with van der Waals surface area (Å²) in [7, 11) is 0. The molecule has 0 spiro atoms. The van der Waals surface area contributed by atoms with Gasteiger partial charge in [0.2, 0.25) is 0 Å². The molecule has 0 heterocycles. The summed E-state index contributed by atoms with van der Waals surface area (Å²) in [6.07, 6.45) is -0.449. The van der Waals surface area contributed by atoms with Gasteiger partial charge in [0.15, 0.2) is 0 Å². The minimum absolute atomic E-state index is 0.339. The third-order valence-electron chi connectivity index (χ3n) is 3.25. The van der Waals surface area contributed by atoms with Crippen molar-refractivity contribution in [1.29, 1.82) is 5.26 Å². The summed E-state index contributed by atoms with van der Waals surface area (Å²) in [6.45, 7) is 2.08. The van der Waals surface area contributed by atoms with Crippen molar-refractivity contribution in [1.82, 2.24) is 0 Å². The van der Waals surface area contributed by atoms with Crippen LogP contribution in [0.5, 0.6) is 0 Å². The first-order valence-corrected chi connectivity index (χ1v) is 6.80. The van der Waals surface area contributed by atoms with Crippen LogP contribution in [0.4, 0.5) is 15.8 Å². The van der Waals surface area contributed by atoms with E-state index in [2.05, 4.69) is 6.07 Å². The van der Waals surface area contributed by atoms with Crippen molar-refractivity contribution in [3.05, 3.63) is 59.9 Å². The van der Waals surface area contributed by atoms with Gasteiger partial charge in [0.05, 0.1) is 18.6 Å². The molecule has 0 aliphatic heterocycles. The number of hydrogen-bond acceptors (Lipinski definition) is 3. The van der Waals surface area contributed by atoms with E-state index >= 15 is 0 Å². The predicted octanol–water partition coefficient (Wildman–Crippen LogP) is 3.93. The zero-order chi connectivity index (χ0) is 15.2. The number of nitrogens with zero attached hydrogens (tertiary/aromatic N) is 2. The average Bonchev–Trinajstić information content (AvgIpc) is 2.49. The highest BCUT2D eigenvalue weighted by molar-refractivity contribution is 5.67. The molecule has 1 N–H and O–H groups in total. The van der Waals surface area contributed by atoms with Gasteiger partial charge >= 0.3 is 0 Å². The summed E-state index contributed by atoms with van der Waals surface area (Å²) in [5.74, 6) is -0.386. The quantitative estimate of drug-likeness (QED) is 0.905. The minimum Gasteiger partial charge on any atom is -0.389 e. The summed E-state index contributed by atoms with van der Waals surface area (Å²) in [6, 6.07) is 16.0. The van der Waals surface area contributed by atoms with Gasteiger partial charge in [0.25, 0.3) is 0 Å². The fourth-order valence-electron chi connectivity index (χ4n) is 2.26. The Kier molecular flexibility index (Phi) is 4.91. The summed E-state index contributed by atoms with van der Waals surface area (Å²) in [5.41, 5.74) is 2.13. The maximum atomic E-state index is 13.4. The van der Waals surface area contributed by atoms with Gasteiger partial charge in [0, 0.05) is 23.5 Å². The first-order chi connectivity index (χ1) is 10.1. The number of rotatable bonds is 5. The second kappa shape index (κ2) is 6.87. The number of aliphatic hydroxyl groups is 1. The van der Waals surface area contributed by atoms with Gasteiger partial charge in [-0.15, -0.1) is 0 Å². The largest absolute Gasteiger partial charge is 0.389 e. The highest BCUT2D eigenvalue weighted by Crippen LogP contribution is 2.32. The van der Waals surface area contributed by atoms with E-state index in [-0.39, 0.29) is 5.82 Å². The first-order valence-electron chi connectivity index (χ1n) is 6.80. The fraction of sp³-hybridized carbons (Fsp3) is 0.235. The Hall–Kier alpha value is -2.38. The highest BCUT2D eigenvalue weighted by atomic mass is 19.1. The van der Waals surface area contributed by atoms with Crippen LogP contribution in [0.1, 0.15) is 25.0 Å². The van der Waals surface area contributed by atoms with Gasteiger partial charge < -0.3 is 10.0 Å². The molecular weight excluding hydrogens is 267 g/mol. The lowest BCUT2D eigenvalue weighted by Crippen LogP contribution is -2.20. The molecule has 0 amide bonds. The molecule has 2 aromatic rings. The molecule has 0 aromatic heterocycles. The van der Waals surface area contributed by atoms with E-state index in [4.69, 9.17) is 5.26 Å². The van der Waals surface area contributed by atoms with Gasteiger partial charge in [-0.05, 0) is 37.3 Å². The zero-order valence-corrected chi connectivity index (χ0v) is 11.8. The van der Waals surface area contributed by atoms with E-state index in [1.54, 1.807) is 13.0 Å². The minimum atomic E-state index is -0.788. The van der Waals surface area contributed by atoms with E-state index < -0.39 is 6.10 Å². The molecule has 0 aliphatic carbocycles. The lowest BCUT2D eigenvalue weighted by Gasteiger charge is -2.27. The van der Waals surface area contributed by atoms with Gasteiger partial charge in [-0.2, -0.15) is 5.26 Å². The normalized spacial score (nSPS) is 11.7. The molecule has 21 heavy (non-hydrogen) atoms. The zero-order valence-electron chi connectivity index (χ0n) is 11.8. The Morgan fingerprint density at radius 2 is 1.95 bits per heavy atom. The van der Waals surface area contributed by atoms with E-state index in [1.165, 1.54) is 12.1 Å². The molecule has 0 radical (unpaired) electrons. The number of anilines is 2. The molecule has 0 unspecified atom stereocenters. The van der Waals surface area contributed by atoms with Crippen molar-refractivity contribution >= 4 is 11.4 Å². The second-order valence-corrected chi connectivity index (χ2v) is 4.77. The molecule has 3 nitrogen and oxygen atoms in total. The third-order valence-corrected chi connectivity index (χ3v) is 3.25. The van der Waals surface area contributed by atoms with Gasteiger partial charge in [-0.3, -0.25) is 0 Å². The maximum absolute atomic E-state index is 13.4. The van der Waals surface area contributed by atoms with Crippen LogP contribution < -0.4 is 4.90 Å². The Labute approximate surface area is 123 Å².